The molecule has 0 heterocycles. The summed E-state index contributed by atoms with van der Waals surface area (Å²) in [6.45, 7) is 2.08. The van der Waals surface area contributed by atoms with Crippen LogP contribution < -0.4 is 5.73 Å². The minimum absolute atomic E-state index is 0.0894. The molecule has 2 aromatic rings. The molecule has 2 aromatic carbocycles. The molecular weight excluding hydrogens is 241 g/mol. The molecule has 0 aliphatic heterocycles. The number of aryl methyl sites for hydroxylation is 1. The molecule has 0 atom stereocenters. The van der Waals surface area contributed by atoms with Crippen LogP contribution in [-0.2, 0) is 6.42 Å². The first-order valence-electron chi connectivity index (χ1n) is 6.31. The molecule has 0 aliphatic rings. The van der Waals surface area contributed by atoms with Crippen molar-refractivity contribution in [3.63, 3.8) is 0 Å². The Morgan fingerprint density at radius 2 is 1.95 bits per heavy atom. The highest BCUT2D eigenvalue weighted by atomic mass is 19.1. The molecule has 0 radical (unpaired) electrons. The van der Waals surface area contributed by atoms with E-state index in [1.54, 1.807) is 12.1 Å². The summed E-state index contributed by atoms with van der Waals surface area (Å²) < 4.78 is 13.4. The van der Waals surface area contributed by atoms with Gasteiger partial charge in [-0.1, -0.05) is 37.6 Å². The summed E-state index contributed by atoms with van der Waals surface area (Å²) in [5.41, 5.74) is 7.39. The molecule has 2 N–H and O–H groups in total. The van der Waals surface area contributed by atoms with Crippen LogP contribution in [-0.4, -0.2) is 5.78 Å². The van der Waals surface area contributed by atoms with Crippen molar-refractivity contribution >= 4 is 11.5 Å². The summed E-state index contributed by atoms with van der Waals surface area (Å²) in [7, 11) is 0. The second-order valence-corrected chi connectivity index (χ2v) is 4.48. The van der Waals surface area contributed by atoms with Gasteiger partial charge in [0.25, 0.3) is 0 Å². The summed E-state index contributed by atoms with van der Waals surface area (Å²) in [6, 6.07) is 11.7. The molecule has 19 heavy (non-hydrogen) atoms. The van der Waals surface area contributed by atoms with Gasteiger partial charge < -0.3 is 5.73 Å². The average Bonchev–Trinajstić information content (AvgIpc) is 2.42. The quantitative estimate of drug-likeness (QED) is 0.672. The van der Waals surface area contributed by atoms with E-state index in [1.165, 1.54) is 12.1 Å². The van der Waals surface area contributed by atoms with Gasteiger partial charge in [-0.2, -0.15) is 0 Å². The Morgan fingerprint density at radius 1 is 1.21 bits per heavy atom. The fourth-order valence-electron chi connectivity index (χ4n) is 2.05. The van der Waals surface area contributed by atoms with E-state index in [-0.39, 0.29) is 17.0 Å². The van der Waals surface area contributed by atoms with Gasteiger partial charge in [-0.3, -0.25) is 4.79 Å². The number of carbonyl (C=O) groups excluding carboxylic acids is 1. The number of para-hydroxylation sites is 1. The first-order valence-corrected chi connectivity index (χ1v) is 6.31. The maximum atomic E-state index is 13.4. The van der Waals surface area contributed by atoms with E-state index >= 15 is 0 Å². The molecule has 0 spiro atoms. The van der Waals surface area contributed by atoms with Gasteiger partial charge in [0.05, 0.1) is 5.69 Å². The zero-order valence-corrected chi connectivity index (χ0v) is 10.8. The number of halogens is 1. The maximum Gasteiger partial charge on any atom is 0.195 e. The lowest BCUT2D eigenvalue weighted by Gasteiger charge is -2.07. The van der Waals surface area contributed by atoms with Gasteiger partial charge in [0, 0.05) is 11.1 Å². The van der Waals surface area contributed by atoms with E-state index in [0.717, 1.165) is 18.4 Å². The molecule has 0 saturated carbocycles. The van der Waals surface area contributed by atoms with Crippen LogP contribution in [0.15, 0.2) is 42.5 Å². The van der Waals surface area contributed by atoms with Gasteiger partial charge in [0.2, 0.25) is 0 Å². The fraction of sp³-hybridized carbons (Fsp3) is 0.188. The van der Waals surface area contributed by atoms with Crippen LogP contribution in [0.4, 0.5) is 10.1 Å². The SMILES string of the molecule is CCCc1cccc(C(=O)c2cccc(F)c2N)c1. The lowest BCUT2D eigenvalue weighted by atomic mass is 9.98. The molecule has 98 valence electrons. The zero-order valence-electron chi connectivity index (χ0n) is 10.8. The smallest absolute Gasteiger partial charge is 0.195 e. The Morgan fingerprint density at radius 3 is 2.68 bits per heavy atom. The predicted molar refractivity (Wildman–Crippen MR) is 74.7 cm³/mol. The van der Waals surface area contributed by atoms with Crippen LogP contribution in [0, 0.1) is 5.82 Å². The molecule has 0 fully saturated rings. The van der Waals surface area contributed by atoms with Crippen molar-refractivity contribution in [2.45, 2.75) is 19.8 Å². The number of nitrogen functional groups attached to an aromatic ring is 1. The number of carbonyl (C=O) groups is 1. The predicted octanol–water partition coefficient (Wildman–Crippen LogP) is 3.59. The zero-order chi connectivity index (χ0) is 13.8. The third-order valence-corrected chi connectivity index (χ3v) is 3.03. The number of rotatable bonds is 4. The van der Waals surface area contributed by atoms with E-state index in [4.69, 9.17) is 5.73 Å². The van der Waals surface area contributed by atoms with E-state index in [9.17, 15) is 9.18 Å². The highest BCUT2D eigenvalue weighted by Crippen LogP contribution is 2.20. The Balaban J connectivity index is 2.38. The van der Waals surface area contributed by atoms with Crippen molar-refractivity contribution in [1.82, 2.24) is 0 Å². The Hall–Kier alpha value is -2.16. The van der Waals surface area contributed by atoms with E-state index in [1.807, 2.05) is 18.2 Å². The lowest BCUT2D eigenvalue weighted by molar-refractivity contribution is 0.103. The molecule has 2 nitrogen and oxygen atoms in total. The van der Waals surface area contributed by atoms with Gasteiger partial charge in [-0.25, -0.2) is 4.39 Å². The number of anilines is 1. The van der Waals surface area contributed by atoms with Gasteiger partial charge in [0.1, 0.15) is 5.82 Å². The van der Waals surface area contributed by atoms with Crippen LogP contribution in [0.2, 0.25) is 0 Å². The Labute approximate surface area is 112 Å². The minimum Gasteiger partial charge on any atom is -0.396 e. The molecule has 0 amide bonds. The molecule has 0 saturated heterocycles. The summed E-state index contributed by atoms with van der Waals surface area (Å²) >= 11 is 0. The Kier molecular flexibility index (Phi) is 3.95. The largest absolute Gasteiger partial charge is 0.396 e. The standard InChI is InChI=1S/C16H16FNO/c1-2-5-11-6-3-7-12(10-11)16(19)13-8-4-9-14(17)15(13)18/h3-4,6-10H,2,5,18H2,1H3. The topological polar surface area (TPSA) is 43.1 Å². The minimum atomic E-state index is -0.560. The van der Waals surface area contributed by atoms with Crippen molar-refractivity contribution in [3.8, 4) is 0 Å². The number of hydrogen-bond donors (Lipinski definition) is 1. The third kappa shape index (κ3) is 2.81. The molecule has 0 aromatic heterocycles. The van der Waals surface area contributed by atoms with Crippen molar-refractivity contribution < 1.29 is 9.18 Å². The van der Waals surface area contributed by atoms with Crippen LogP contribution >= 0.6 is 0 Å². The molecule has 3 heteroatoms. The van der Waals surface area contributed by atoms with E-state index in [0.29, 0.717) is 5.56 Å². The van der Waals surface area contributed by atoms with E-state index in [2.05, 4.69) is 6.92 Å². The molecule has 0 aliphatic carbocycles. The van der Waals surface area contributed by atoms with Gasteiger partial charge in [0.15, 0.2) is 5.78 Å². The van der Waals surface area contributed by atoms with Gasteiger partial charge in [-0.15, -0.1) is 0 Å². The maximum absolute atomic E-state index is 13.4. The van der Waals surface area contributed by atoms with Crippen LogP contribution in [0.1, 0.15) is 34.8 Å². The van der Waals surface area contributed by atoms with Crippen molar-refractivity contribution in [2.75, 3.05) is 5.73 Å². The van der Waals surface area contributed by atoms with Crippen molar-refractivity contribution in [2.24, 2.45) is 0 Å². The second-order valence-electron chi connectivity index (χ2n) is 4.48. The summed E-state index contributed by atoms with van der Waals surface area (Å²) in [5, 5.41) is 0. The summed E-state index contributed by atoms with van der Waals surface area (Å²) in [4.78, 5) is 12.3. The number of ketones is 1. The molecule has 0 unspecified atom stereocenters. The highest BCUT2D eigenvalue weighted by Gasteiger charge is 2.14. The molecule has 2 rings (SSSR count). The highest BCUT2D eigenvalue weighted by molar-refractivity contribution is 6.12. The summed E-state index contributed by atoms with van der Waals surface area (Å²) in [6.07, 6.45) is 1.93. The Bertz CT molecular complexity index is 607. The lowest BCUT2D eigenvalue weighted by Crippen LogP contribution is -2.07. The monoisotopic (exact) mass is 257 g/mol. The fourth-order valence-corrected chi connectivity index (χ4v) is 2.05. The van der Waals surface area contributed by atoms with Gasteiger partial charge in [-0.05, 0) is 30.2 Å². The molecule has 0 bridgehead atoms. The normalized spacial score (nSPS) is 10.4. The van der Waals surface area contributed by atoms with Crippen molar-refractivity contribution in [3.05, 3.63) is 65.0 Å². The van der Waals surface area contributed by atoms with Crippen molar-refractivity contribution in [1.29, 1.82) is 0 Å². The number of nitrogens with two attached hydrogens (primary N) is 1. The first-order chi connectivity index (χ1) is 9.13. The van der Waals surface area contributed by atoms with Crippen LogP contribution in [0.25, 0.3) is 0 Å². The van der Waals surface area contributed by atoms with Gasteiger partial charge >= 0.3 is 0 Å². The number of benzene rings is 2. The van der Waals surface area contributed by atoms with Crippen LogP contribution in [0.5, 0.6) is 0 Å². The first kappa shape index (κ1) is 13.3. The third-order valence-electron chi connectivity index (χ3n) is 3.03. The second kappa shape index (κ2) is 5.65. The summed E-state index contributed by atoms with van der Waals surface area (Å²) in [5.74, 6) is -0.800. The van der Waals surface area contributed by atoms with E-state index < -0.39 is 5.82 Å². The molecular formula is C16H16FNO. The average molecular weight is 257 g/mol. The van der Waals surface area contributed by atoms with Crippen LogP contribution in [0.3, 0.4) is 0 Å². The number of hydrogen-bond acceptors (Lipinski definition) is 2.